The van der Waals surface area contributed by atoms with E-state index < -0.39 is 81.5 Å². The Bertz CT molecular complexity index is 540. The molecule has 1 saturated heterocycles. The summed E-state index contributed by atoms with van der Waals surface area (Å²) in [4.78, 5) is 9.41. The Hall–Kier alpha value is -0.250. The van der Waals surface area contributed by atoms with Crippen LogP contribution in [0.1, 0.15) is 0 Å². The first-order chi connectivity index (χ1) is 12.4. The van der Waals surface area contributed by atoms with Crippen molar-refractivity contribution in [3.8, 4) is 0 Å². The fourth-order valence-corrected chi connectivity index (χ4v) is 3.72. The number of hydrogen-bond donors (Lipinski definition) is 9. The van der Waals surface area contributed by atoms with Crippen molar-refractivity contribution in [2.75, 3.05) is 13.3 Å². The van der Waals surface area contributed by atoms with Gasteiger partial charge in [0.05, 0.1) is 6.61 Å². The van der Waals surface area contributed by atoms with Gasteiger partial charge < -0.3 is 55.2 Å². The minimum Gasteiger partial charge on any atom is -0.394 e. The van der Waals surface area contributed by atoms with Gasteiger partial charge in [0.15, 0.2) is 6.29 Å². The molecule has 160 valence electrons. The van der Waals surface area contributed by atoms with Crippen molar-refractivity contribution in [3.63, 3.8) is 0 Å². The molecule has 0 aromatic heterocycles. The molecule has 13 nitrogen and oxygen atoms in total. The monoisotopic (exact) mass is 420 g/mol. The first kappa shape index (κ1) is 23.0. The van der Waals surface area contributed by atoms with Gasteiger partial charge in [-0.1, -0.05) is 0 Å². The zero-order valence-electron chi connectivity index (χ0n) is 14.2. The molecule has 12 atom stereocenters. The van der Waals surface area contributed by atoms with Crippen molar-refractivity contribution in [2.45, 2.75) is 67.3 Å². The summed E-state index contributed by atoms with van der Waals surface area (Å²) in [6.45, 7) is 0.0111. The van der Waals surface area contributed by atoms with E-state index in [4.69, 9.17) is 14.0 Å². The van der Waals surface area contributed by atoms with Crippen molar-refractivity contribution in [2.24, 2.45) is 0 Å². The predicted octanol–water partition coefficient (Wildman–Crippen LogP) is -5.17. The first-order valence-electron chi connectivity index (χ1n) is 8.06. The third-order valence-electron chi connectivity index (χ3n) is 4.50. The average Bonchev–Trinajstić information content (AvgIpc) is 2.60. The Balaban J connectivity index is 2.27. The zero-order valence-corrected chi connectivity index (χ0v) is 15.1. The molecule has 14 heteroatoms. The third kappa shape index (κ3) is 4.85. The van der Waals surface area contributed by atoms with Crippen LogP contribution in [0.3, 0.4) is 0 Å². The highest BCUT2D eigenvalue weighted by Gasteiger charge is 2.54. The Morgan fingerprint density at radius 2 is 1.30 bits per heavy atom. The van der Waals surface area contributed by atoms with Gasteiger partial charge in [-0.05, 0) is 0 Å². The molecule has 0 bridgehead atoms. The molecule has 2 aliphatic rings. The van der Waals surface area contributed by atoms with E-state index in [1.54, 1.807) is 0 Å². The Kier molecular flexibility index (Phi) is 7.36. The minimum atomic E-state index is -4.27. The summed E-state index contributed by atoms with van der Waals surface area (Å²) in [7, 11) is -4.27. The minimum absolute atomic E-state index is 0.761. The molecule has 2 fully saturated rings. The standard InChI is InChI=1S/C13H25O13P/c1-27(22,23)26-12-9(20)7(18)6(17)8(19)11(12)25-13-10(21)5(16)4(15)3(2-14)24-13/h3-21H,2H2,1H3,(H,22,23). The van der Waals surface area contributed by atoms with Crippen LogP contribution >= 0.6 is 7.60 Å². The van der Waals surface area contributed by atoms with Crippen molar-refractivity contribution < 1.29 is 64.3 Å². The maximum atomic E-state index is 11.6. The average molecular weight is 420 g/mol. The van der Waals surface area contributed by atoms with Gasteiger partial charge in [0.25, 0.3) is 0 Å². The molecule has 1 aliphatic carbocycles. The van der Waals surface area contributed by atoms with Crippen molar-refractivity contribution in [1.29, 1.82) is 0 Å². The summed E-state index contributed by atoms with van der Waals surface area (Å²) in [5.74, 6) is 0. The molecule has 0 aromatic carbocycles. The number of aliphatic hydroxyl groups is 8. The second-order valence-corrected chi connectivity index (χ2v) is 8.45. The fourth-order valence-electron chi connectivity index (χ4n) is 3.02. The van der Waals surface area contributed by atoms with Crippen LogP contribution in [0.5, 0.6) is 0 Å². The van der Waals surface area contributed by atoms with Gasteiger partial charge in [0.2, 0.25) is 0 Å². The molecule has 2 rings (SSSR count). The van der Waals surface area contributed by atoms with Crippen molar-refractivity contribution in [1.82, 2.24) is 0 Å². The SMILES string of the molecule is CP(=O)(O)OC1C(O)C(O)C(O)C(O)C1OC1OC(CO)C(O)C(O)C1O. The molecule has 12 unspecified atom stereocenters. The second kappa shape index (κ2) is 8.63. The summed E-state index contributed by atoms with van der Waals surface area (Å²) in [5, 5.41) is 78.5. The molecule has 1 aliphatic heterocycles. The van der Waals surface area contributed by atoms with E-state index in [2.05, 4.69) is 0 Å². The maximum absolute atomic E-state index is 11.6. The normalized spacial score (nSPS) is 51.0. The fraction of sp³-hybridized carbons (Fsp3) is 1.00. The summed E-state index contributed by atoms with van der Waals surface area (Å²) < 4.78 is 26.7. The molecule has 0 aromatic rings. The highest BCUT2D eigenvalue weighted by atomic mass is 31.2. The van der Waals surface area contributed by atoms with E-state index >= 15 is 0 Å². The third-order valence-corrected chi connectivity index (χ3v) is 5.14. The summed E-state index contributed by atoms with van der Waals surface area (Å²) in [6, 6.07) is 0. The first-order valence-corrected chi connectivity index (χ1v) is 10.1. The van der Waals surface area contributed by atoms with Crippen LogP contribution in [0.25, 0.3) is 0 Å². The second-order valence-electron chi connectivity index (χ2n) is 6.63. The lowest BCUT2D eigenvalue weighted by Crippen LogP contribution is -2.67. The van der Waals surface area contributed by atoms with Crippen LogP contribution in [0.15, 0.2) is 0 Å². The van der Waals surface area contributed by atoms with E-state index in [-0.39, 0.29) is 0 Å². The molecule has 1 heterocycles. The van der Waals surface area contributed by atoms with Crippen LogP contribution in [0.2, 0.25) is 0 Å². The molecule has 0 radical (unpaired) electrons. The Labute approximate surface area is 153 Å². The van der Waals surface area contributed by atoms with Gasteiger partial charge in [-0.25, -0.2) is 0 Å². The quantitative estimate of drug-likeness (QED) is 0.190. The van der Waals surface area contributed by atoms with Gasteiger partial charge in [-0.2, -0.15) is 0 Å². The lowest BCUT2D eigenvalue weighted by Gasteiger charge is -2.47. The van der Waals surface area contributed by atoms with Gasteiger partial charge in [0, 0.05) is 6.66 Å². The van der Waals surface area contributed by atoms with Crippen LogP contribution in [-0.4, -0.2) is 126 Å². The predicted molar refractivity (Wildman–Crippen MR) is 83.3 cm³/mol. The number of hydrogen-bond acceptors (Lipinski definition) is 12. The van der Waals surface area contributed by atoms with E-state index in [0.29, 0.717) is 0 Å². The van der Waals surface area contributed by atoms with E-state index in [0.717, 1.165) is 6.66 Å². The molecular weight excluding hydrogens is 395 g/mol. The summed E-state index contributed by atoms with van der Waals surface area (Å²) >= 11 is 0. The Morgan fingerprint density at radius 1 is 0.815 bits per heavy atom. The topological polar surface area (TPSA) is 227 Å². The number of aliphatic hydroxyl groups excluding tert-OH is 8. The van der Waals surface area contributed by atoms with E-state index in [1.165, 1.54) is 0 Å². The molecule has 0 amide bonds. The van der Waals surface area contributed by atoms with Gasteiger partial charge in [-0.15, -0.1) is 0 Å². The highest BCUT2D eigenvalue weighted by molar-refractivity contribution is 7.51. The van der Waals surface area contributed by atoms with Crippen molar-refractivity contribution >= 4 is 7.60 Å². The van der Waals surface area contributed by atoms with Crippen LogP contribution in [0, 0.1) is 0 Å². The zero-order chi connectivity index (χ0) is 20.7. The van der Waals surface area contributed by atoms with Gasteiger partial charge in [0.1, 0.15) is 61.0 Å². The van der Waals surface area contributed by atoms with E-state index in [1.807, 2.05) is 0 Å². The molecule has 0 spiro atoms. The lowest BCUT2D eigenvalue weighted by molar-refractivity contribution is -0.337. The highest BCUT2D eigenvalue weighted by Crippen LogP contribution is 2.43. The van der Waals surface area contributed by atoms with Crippen LogP contribution < -0.4 is 0 Å². The van der Waals surface area contributed by atoms with Gasteiger partial charge >= 0.3 is 7.60 Å². The largest absolute Gasteiger partial charge is 0.394 e. The molecule has 9 N–H and O–H groups in total. The molecule has 27 heavy (non-hydrogen) atoms. The van der Waals surface area contributed by atoms with Crippen molar-refractivity contribution in [3.05, 3.63) is 0 Å². The maximum Gasteiger partial charge on any atom is 0.325 e. The smallest absolute Gasteiger partial charge is 0.325 e. The van der Waals surface area contributed by atoms with E-state index in [9.17, 15) is 50.3 Å². The molecule has 1 saturated carbocycles. The summed E-state index contributed by atoms with van der Waals surface area (Å²) in [5.41, 5.74) is 0. The van der Waals surface area contributed by atoms with Crippen LogP contribution in [-0.2, 0) is 18.6 Å². The Morgan fingerprint density at radius 3 is 1.78 bits per heavy atom. The number of rotatable bonds is 5. The van der Waals surface area contributed by atoms with Crippen LogP contribution in [0.4, 0.5) is 0 Å². The van der Waals surface area contributed by atoms with Gasteiger partial charge in [-0.3, -0.25) is 9.09 Å². The summed E-state index contributed by atoms with van der Waals surface area (Å²) in [6.07, 6.45) is -19.9. The number of ether oxygens (including phenoxy) is 2. The molecular formula is C13H25O13P. The lowest BCUT2D eigenvalue weighted by atomic mass is 9.84.